The first-order valence-electron chi connectivity index (χ1n) is 6.11. The molecule has 1 aliphatic rings. The second kappa shape index (κ2) is 4.68. The van der Waals surface area contributed by atoms with Crippen molar-refractivity contribution in [2.24, 2.45) is 0 Å². The molecule has 0 bridgehead atoms. The monoisotopic (exact) mass is 224 g/mol. The van der Waals surface area contributed by atoms with Crippen LogP contribution in [-0.4, -0.2) is 16.4 Å². The van der Waals surface area contributed by atoms with Gasteiger partial charge in [0, 0.05) is 25.8 Å². The van der Waals surface area contributed by atoms with Crippen molar-refractivity contribution in [3.05, 3.63) is 65.5 Å². The molecule has 0 radical (unpaired) electrons. The van der Waals surface area contributed by atoms with Crippen molar-refractivity contribution in [3.8, 4) is 0 Å². The van der Waals surface area contributed by atoms with E-state index < -0.39 is 0 Å². The molecule has 0 spiro atoms. The Hall–Kier alpha value is -1.67. The normalized spacial score (nSPS) is 15.5. The summed E-state index contributed by atoms with van der Waals surface area (Å²) in [4.78, 5) is 6.93. The molecular weight excluding hydrogens is 208 g/mol. The highest BCUT2D eigenvalue weighted by Gasteiger charge is 2.16. The van der Waals surface area contributed by atoms with Gasteiger partial charge in [-0.2, -0.15) is 0 Å². The highest BCUT2D eigenvalue weighted by molar-refractivity contribution is 5.23. The summed E-state index contributed by atoms with van der Waals surface area (Å²) in [6.07, 6.45) is 3.01. The summed E-state index contributed by atoms with van der Waals surface area (Å²) in [6.45, 7) is 3.13. The Morgan fingerprint density at radius 1 is 1.06 bits per heavy atom. The predicted octanol–water partition coefficient (Wildman–Crippen LogP) is 2.64. The molecule has 2 heterocycles. The molecule has 17 heavy (non-hydrogen) atoms. The quantitative estimate of drug-likeness (QED) is 0.779. The molecule has 0 fully saturated rings. The summed E-state index contributed by atoms with van der Waals surface area (Å²) in [7, 11) is 0. The van der Waals surface area contributed by atoms with Crippen LogP contribution in [0.3, 0.4) is 0 Å². The number of hydrogen-bond donors (Lipinski definition) is 0. The smallest absolute Gasteiger partial charge is 0.0576 e. The third kappa shape index (κ3) is 2.37. The molecule has 2 heteroatoms. The lowest BCUT2D eigenvalue weighted by atomic mass is 10.0. The summed E-state index contributed by atoms with van der Waals surface area (Å²) in [5.41, 5.74) is 4.04. The van der Waals surface area contributed by atoms with Gasteiger partial charge < -0.3 is 0 Å². The zero-order valence-electron chi connectivity index (χ0n) is 9.84. The van der Waals surface area contributed by atoms with Gasteiger partial charge in [0.1, 0.15) is 0 Å². The fourth-order valence-electron chi connectivity index (χ4n) is 2.39. The Kier molecular flexibility index (Phi) is 2.88. The largest absolute Gasteiger partial charge is 0.293 e. The standard InChI is InChI=1S/C15H16N2/c1-2-5-13(6-3-1)11-17-10-8-14-7-4-9-16-15(14)12-17/h1-7,9H,8,10-12H2. The first-order valence-corrected chi connectivity index (χ1v) is 6.11. The maximum absolute atomic E-state index is 4.47. The Labute approximate surface area is 102 Å². The molecule has 2 nitrogen and oxygen atoms in total. The Morgan fingerprint density at radius 3 is 2.82 bits per heavy atom. The second-order valence-electron chi connectivity index (χ2n) is 4.56. The topological polar surface area (TPSA) is 16.1 Å². The van der Waals surface area contributed by atoms with Gasteiger partial charge in [-0.25, -0.2) is 0 Å². The lowest BCUT2D eigenvalue weighted by Gasteiger charge is -2.27. The molecule has 0 N–H and O–H groups in total. The van der Waals surface area contributed by atoms with E-state index >= 15 is 0 Å². The van der Waals surface area contributed by atoms with Gasteiger partial charge in [0.25, 0.3) is 0 Å². The van der Waals surface area contributed by atoms with Crippen LogP contribution in [0.1, 0.15) is 16.8 Å². The number of benzene rings is 1. The van der Waals surface area contributed by atoms with Crippen LogP contribution in [0.2, 0.25) is 0 Å². The minimum absolute atomic E-state index is 0.977. The van der Waals surface area contributed by atoms with E-state index in [1.807, 2.05) is 12.3 Å². The summed E-state index contributed by atoms with van der Waals surface area (Å²) < 4.78 is 0. The summed E-state index contributed by atoms with van der Waals surface area (Å²) in [5, 5.41) is 0. The Morgan fingerprint density at radius 2 is 1.94 bits per heavy atom. The van der Waals surface area contributed by atoms with Gasteiger partial charge in [0.05, 0.1) is 5.69 Å². The van der Waals surface area contributed by atoms with Crippen LogP contribution in [-0.2, 0) is 19.5 Å². The predicted molar refractivity (Wildman–Crippen MR) is 68.5 cm³/mol. The maximum atomic E-state index is 4.47. The zero-order chi connectivity index (χ0) is 11.5. The lowest BCUT2D eigenvalue weighted by Crippen LogP contribution is -2.30. The molecule has 1 aliphatic heterocycles. The number of nitrogens with zero attached hydrogens (tertiary/aromatic N) is 2. The third-order valence-electron chi connectivity index (χ3n) is 3.30. The number of rotatable bonds is 2. The van der Waals surface area contributed by atoms with Gasteiger partial charge in [-0.15, -0.1) is 0 Å². The molecule has 86 valence electrons. The molecule has 2 aromatic rings. The number of aromatic nitrogens is 1. The SMILES string of the molecule is c1ccc(CN2CCc3cccnc3C2)cc1. The highest BCUT2D eigenvalue weighted by Crippen LogP contribution is 2.18. The van der Waals surface area contributed by atoms with Crippen molar-refractivity contribution in [2.75, 3.05) is 6.54 Å². The van der Waals surface area contributed by atoms with Gasteiger partial charge in [0.2, 0.25) is 0 Å². The summed E-state index contributed by atoms with van der Waals surface area (Å²) in [5.74, 6) is 0. The van der Waals surface area contributed by atoms with Crippen LogP contribution in [0.4, 0.5) is 0 Å². The van der Waals surface area contributed by atoms with Crippen LogP contribution in [0, 0.1) is 0 Å². The van der Waals surface area contributed by atoms with E-state index in [9.17, 15) is 0 Å². The van der Waals surface area contributed by atoms with Crippen molar-refractivity contribution < 1.29 is 0 Å². The molecule has 3 rings (SSSR count). The fraction of sp³-hybridized carbons (Fsp3) is 0.267. The molecule has 1 aromatic carbocycles. The van der Waals surface area contributed by atoms with Crippen molar-refractivity contribution in [1.29, 1.82) is 0 Å². The van der Waals surface area contributed by atoms with Gasteiger partial charge >= 0.3 is 0 Å². The van der Waals surface area contributed by atoms with E-state index in [4.69, 9.17) is 0 Å². The fourth-order valence-corrected chi connectivity index (χ4v) is 2.39. The second-order valence-corrected chi connectivity index (χ2v) is 4.56. The minimum atomic E-state index is 0.977. The summed E-state index contributed by atoms with van der Waals surface area (Å²) >= 11 is 0. The molecule has 0 atom stereocenters. The van der Waals surface area contributed by atoms with Gasteiger partial charge in [-0.3, -0.25) is 9.88 Å². The van der Waals surface area contributed by atoms with Crippen molar-refractivity contribution >= 4 is 0 Å². The van der Waals surface area contributed by atoms with Gasteiger partial charge in [-0.05, 0) is 23.6 Å². The molecule has 0 amide bonds. The first-order chi connectivity index (χ1) is 8.42. The van der Waals surface area contributed by atoms with E-state index in [1.54, 1.807) is 0 Å². The minimum Gasteiger partial charge on any atom is -0.293 e. The number of hydrogen-bond acceptors (Lipinski definition) is 2. The maximum Gasteiger partial charge on any atom is 0.0576 e. The molecule has 1 aromatic heterocycles. The van der Waals surface area contributed by atoms with Crippen molar-refractivity contribution in [1.82, 2.24) is 9.88 Å². The van der Waals surface area contributed by atoms with Crippen LogP contribution >= 0.6 is 0 Å². The van der Waals surface area contributed by atoms with E-state index in [0.717, 1.165) is 26.1 Å². The summed E-state index contributed by atoms with van der Waals surface area (Å²) in [6, 6.07) is 14.9. The van der Waals surface area contributed by atoms with E-state index in [1.165, 1.54) is 16.8 Å². The Balaban J connectivity index is 1.72. The Bertz CT molecular complexity index is 493. The first kappa shape index (κ1) is 10.5. The van der Waals surface area contributed by atoms with E-state index in [-0.39, 0.29) is 0 Å². The molecule has 0 saturated carbocycles. The van der Waals surface area contributed by atoms with Crippen LogP contribution in [0.25, 0.3) is 0 Å². The van der Waals surface area contributed by atoms with Crippen LogP contribution in [0.5, 0.6) is 0 Å². The molecule has 0 aliphatic carbocycles. The lowest BCUT2D eigenvalue weighted by molar-refractivity contribution is 0.241. The van der Waals surface area contributed by atoms with E-state index in [2.05, 4.69) is 46.3 Å². The highest BCUT2D eigenvalue weighted by atomic mass is 15.1. The van der Waals surface area contributed by atoms with Gasteiger partial charge in [-0.1, -0.05) is 36.4 Å². The molecular formula is C15H16N2. The van der Waals surface area contributed by atoms with Crippen molar-refractivity contribution in [3.63, 3.8) is 0 Å². The van der Waals surface area contributed by atoms with E-state index in [0.29, 0.717) is 0 Å². The van der Waals surface area contributed by atoms with Crippen LogP contribution < -0.4 is 0 Å². The average Bonchev–Trinajstić information content (AvgIpc) is 2.40. The number of pyridine rings is 1. The van der Waals surface area contributed by atoms with Crippen molar-refractivity contribution in [2.45, 2.75) is 19.5 Å². The van der Waals surface area contributed by atoms with Crippen LogP contribution in [0.15, 0.2) is 48.7 Å². The number of fused-ring (bicyclic) bond motifs is 1. The van der Waals surface area contributed by atoms with Gasteiger partial charge in [0.15, 0.2) is 0 Å². The molecule has 0 saturated heterocycles. The zero-order valence-corrected chi connectivity index (χ0v) is 9.84. The average molecular weight is 224 g/mol. The molecule has 0 unspecified atom stereocenters. The third-order valence-corrected chi connectivity index (χ3v) is 3.30.